The topological polar surface area (TPSA) is 27.1 Å². The van der Waals surface area contributed by atoms with E-state index in [-0.39, 0.29) is 0 Å². The third-order valence-corrected chi connectivity index (χ3v) is 4.05. The van der Waals surface area contributed by atoms with Crippen LogP contribution in [0.5, 0.6) is 0 Å². The highest BCUT2D eigenvalue weighted by Crippen LogP contribution is 2.29. The first kappa shape index (κ1) is 13.3. The van der Waals surface area contributed by atoms with Crippen molar-refractivity contribution in [2.75, 3.05) is 6.61 Å². The van der Waals surface area contributed by atoms with E-state index in [0.717, 1.165) is 12.3 Å². The molecule has 1 aromatic rings. The number of nitrogens with zero attached hydrogens (tertiary/aromatic N) is 2. The van der Waals surface area contributed by atoms with Gasteiger partial charge in [0, 0.05) is 12.8 Å². The lowest BCUT2D eigenvalue weighted by molar-refractivity contribution is 0.0938. The van der Waals surface area contributed by atoms with E-state index < -0.39 is 0 Å². The van der Waals surface area contributed by atoms with Gasteiger partial charge in [-0.05, 0) is 41.4 Å². The van der Waals surface area contributed by atoms with Crippen LogP contribution < -0.4 is 0 Å². The SMILES string of the molecule is CC(C)COCc1nn(C2CCCC2)cc1I. The van der Waals surface area contributed by atoms with Crippen LogP contribution in [0.2, 0.25) is 0 Å². The molecular formula is C13H21IN2O. The second kappa shape index (κ2) is 6.18. The van der Waals surface area contributed by atoms with E-state index in [1.54, 1.807) is 0 Å². The molecule has 1 aromatic heterocycles. The van der Waals surface area contributed by atoms with E-state index in [1.165, 1.54) is 29.3 Å². The summed E-state index contributed by atoms with van der Waals surface area (Å²) in [5.41, 5.74) is 1.10. The first-order valence-electron chi connectivity index (χ1n) is 6.48. The Labute approximate surface area is 117 Å². The molecule has 0 radical (unpaired) electrons. The Morgan fingerprint density at radius 3 is 2.82 bits per heavy atom. The lowest BCUT2D eigenvalue weighted by atomic mass is 10.2. The predicted molar refractivity (Wildman–Crippen MR) is 76.9 cm³/mol. The maximum Gasteiger partial charge on any atom is 0.101 e. The minimum absolute atomic E-state index is 0.588. The molecule has 0 unspecified atom stereocenters. The molecule has 1 fully saturated rings. The monoisotopic (exact) mass is 348 g/mol. The van der Waals surface area contributed by atoms with Gasteiger partial charge < -0.3 is 4.74 Å². The Bertz CT molecular complexity index is 356. The Morgan fingerprint density at radius 2 is 2.18 bits per heavy atom. The molecule has 17 heavy (non-hydrogen) atoms. The molecule has 0 amide bonds. The van der Waals surface area contributed by atoms with Crippen molar-refractivity contribution >= 4 is 22.6 Å². The molecule has 0 aromatic carbocycles. The molecule has 0 saturated heterocycles. The third-order valence-electron chi connectivity index (χ3n) is 3.15. The highest BCUT2D eigenvalue weighted by Gasteiger charge is 2.19. The first-order chi connectivity index (χ1) is 8.16. The van der Waals surface area contributed by atoms with Crippen LogP contribution in [0.4, 0.5) is 0 Å². The minimum Gasteiger partial charge on any atom is -0.375 e. The number of halogens is 1. The predicted octanol–water partition coefficient (Wildman–Crippen LogP) is 3.78. The lowest BCUT2D eigenvalue weighted by Crippen LogP contribution is -2.07. The number of rotatable bonds is 5. The quantitative estimate of drug-likeness (QED) is 0.758. The normalized spacial score (nSPS) is 17.2. The Morgan fingerprint density at radius 1 is 1.47 bits per heavy atom. The van der Waals surface area contributed by atoms with Crippen molar-refractivity contribution in [2.24, 2.45) is 5.92 Å². The van der Waals surface area contributed by atoms with E-state index in [0.29, 0.717) is 18.6 Å². The second-order valence-corrected chi connectivity index (χ2v) is 6.41. The summed E-state index contributed by atoms with van der Waals surface area (Å²) in [7, 11) is 0. The summed E-state index contributed by atoms with van der Waals surface area (Å²) in [6, 6.07) is 0.627. The molecule has 1 aliphatic rings. The van der Waals surface area contributed by atoms with Gasteiger partial charge in [0.05, 0.1) is 16.2 Å². The first-order valence-corrected chi connectivity index (χ1v) is 7.56. The van der Waals surface area contributed by atoms with Crippen LogP contribution in [0.1, 0.15) is 51.3 Å². The highest BCUT2D eigenvalue weighted by molar-refractivity contribution is 14.1. The smallest absolute Gasteiger partial charge is 0.101 e. The summed E-state index contributed by atoms with van der Waals surface area (Å²) in [6.45, 7) is 5.80. The molecule has 0 aliphatic heterocycles. The van der Waals surface area contributed by atoms with Gasteiger partial charge in [0.1, 0.15) is 5.69 Å². The summed E-state index contributed by atoms with van der Waals surface area (Å²) >= 11 is 2.36. The van der Waals surface area contributed by atoms with Crippen molar-refractivity contribution in [3.8, 4) is 0 Å². The molecule has 4 heteroatoms. The highest BCUT2D eigenvalue weighted by atomic mass is 127. The van der Waals surface area contributed by atoms with E-state index in [1.807, 2.05) is 0 Å². The summed E-state index contributed by atoms with van der Waals surface area (Å²) in [5.74, 6) is 0.588. The molecule has 0 bridgehead atoms. The average Bonchev–Trinajstić information content (AvgIpc) is 2.87. The van der Waals surface area contributed by atoms with Gasteiger partial charge >= 0.3 is 0 Å². The second-order valence-electron chi connectivity index (χ2n) is 5.25. The zero-order chi connectivity index (χ0) is 12.3. The van der Waals surface area contributed by atoms with Crippen LogP contribution in [-0.2, 0) is 11.3 Å². The van der Waals surface area contributed by atoms with Gasteiger partial charge in [-0.15, -0.1) is 0 Å². The molecule has 0 atom stereocenters. The van der Waals surface area contributed by atoms with Crippen LogP contribution >= 0.6 is 22.6 Å². The maximum atomic E-state index is 5.66. The Kier molecular flexibility index (Phi) is 4.85. The van der Waals surface area contributed by atoms with Gasteiger partial charge in [0.2, 0.25) is 0 Å². The minimum atomic E-state index is 0.588. The van der Waals surface area contributed by atoms with Crippen molar-refractivity contribution in [3.63, 3.8) is 0 Å². The summed E-state index contributed by atoms with van der Waals surface area (Å²) in [5, 5.41) is 4.67. The van der Waals surface area contributed by atoms with Gasteiger partial charge in [-0.1, -0.05) is 26.7 Å². The fourth-order valence-corrected chi connectivity index (χ4v) is 2.80. The molecule has 2 rings (SSSR count). The summed E-state index contributed by atoms with van der Waals surface area (Å²) < 4.78 is 9.05. The van der Waals surface area contributed by atoms with E-state index >= 15 is 0 Å². The molecular weight excluding hydrogens is 327 g/mol. The molecule has 0 N–H and O–H groups in total. The molecule has 1 saturated carbocycles. The van der Waals surface area contributed by atoms with Crippen molar-refractivity contribution in [1.82, 2.24) is 9.78 Å². The molecule has 3 nitrogen and oxygen atoms in total. The molecule has 0 spiro atoms. The van der Waals surface area contributed by atoms with Gasteiger partial charge in [-0.2, -0.15) is 5.10 Å². The van der Waals surface area contributed by atoms with Crippen molar-refractivity contribution in [2.45, 2.75) is 52.2 Å². The van der Waals surface area contributed by atoms with Gasteiger partial charge in [-0.3, -0.25) is 4.68 Å². The molecule has 96 valence electrons. The van der Waals surface area contributed by atoms with Crippen LogP contribution in [0.25, 0.3) is 0 Å². The molecule has 1 heterocycles. The van der Waals surface area contributed by atoms with E-state index in [9.17, 15) is 0 Å². The zero-order valence-corrected chi connectivity index (χ0v) is 12.8. The number of ether oxygens (including phenoxy) is 1. The lowest BCUT2D eigenvalue weighted by Gasteiger charge is -2.09. The summed E-state index contributed by atoms with van der Waals surface area (Å²) in [4.78, 5) is 0. The van der Waals surface area contributed by atoms with Crippen LogP contribution in [0.15, 0.2) is 6.20 Å². The van der Waals surface area contributed by atoms with Gasteiger partial charge in [-0.25, -0.2) is 0 Å². The third kappa shape index (κ3) is 3.68. The van der Waals surface area contributed by atoms with Crippen LogP contribution in [0, 0.1) is 9.49 Å². The van der Waals surface area contributed by atoms with E-state index in [2.05, 4.69) is 52.4 Å². The van der Waals surface area contributed by atoms with E-state index in [4.69, 9.17) is 4.74 Å². The average molecular weight is 348 g/mol. The number of hydrogen-bond donors (Lipinski definition) is 0. The van der Waals surface area contributed by atoms with Crippen molar-refractivity contribution in [3.05, 3.63) is 15.5 Å². The zero-order valence-electron chi connectivity index (χ0n) is 10.7. The number of aromatic nitrogens is 2. The molecule has 1 aliphatic carbocycles. The van der Waals surface area contributed by atoms with Gasteiger partial charge in [0.25, 0.3) is 0 Å². The van der Waals surface area contributed by atoms with Crippen LogP contribution in [0.3, 0.4) is 0 Å². The van der Waals surface area contributed by atoms with Crippen molar-refractivity contribution < 1.29 is 4.74 Å². The Hall–Kier alpha value is -0.100. The van der Waals surface area contributed by atoms with Gasteiger partial charge in [0.15, 0.2) is 0 Å². The largest absolute Gasteiger partial charge is 0.375 e. The maximum absolute atomic E-state index is 5.66. The summed E-state index contributed by atoms with van der Waals surface area (Å²) in [6.07, 6.45) is 7.43. The fraction of sp³-hybridized carbons (Fsp3) is 0.769. The fourth-order valence-electron chi connectivity index (χ4n) is 2.25. The number of hydrogen-bond acceptors (Lipinski definition) is 2. The standard InChI is InChI=1S/C13H21IN2O/c1-10(2)8-17-9-13-12(14)7-16(15-13)11-5-3-4-6-11/h7,10-11H,3-6,8-9H2,1-2H3. The van der Waals surface area contributed by atoms with Crippen molar-refractivity contribution in [1.29, 1.82) is 0 Å². The Balaban J connectivity index is 1.93. The van der Waals surface area contributed by atoms with Crippen LogP contribution in [-0.4, -0.2) is 16.4 Å².